The van der Waals surface area contributed by atoms with Crippen molar-refractivity contribution >= 4 is 17.5 Å². The Morgan fingerprint density at radius 3 is 2.92 bits per heavy atom. The van der Waals surface area contributed by atoms with Gasteiger partial charge in [0.05, 0.1) is 19.1 Å². The largest absolute Gasteiger partial charge is 0.394 e. The van der Waals surface area contributed by atoms with Crippen LogP contribution in [0.25, 0.3) is 0 Å². The van der Waals surface area contributed by atoms with Crippen molar-refractivity contribution in [1.29, 1.82) is 0 Å². The molecule has 0 aromatic heterocycles. The predicted octanol–water partition coefficient (Wildman–Crippen LogP) is 4.97. The van der Waals surface area contributed by atoms with E-state index in [0.717, 1.165) is 18.4 Å². The molecule has 3 rings (SSSR count). The second-order valence-electron chi connectivity index (χ2n) is 6.26. The number of benzene rings is 1. The molecule has 130 valence electrons. The number of rotatable bonds is 4. The maximum atomic E-state index is 12.5. The Morgan fingerprint density at radius 1 is 1.33 bits per heavy atom. The highest BCUT2D eigenvalue weighted by Gasteiger charge is 2.32. The van der Waals surface area contributed by atoms with Crippen molar-refractivity contribution in [3.05, 3.63) is 41.5 Å². The van der Waals surface area contributed by atoms with E-state index in [1.807, 2.05) is 17.8 Å². The molecule has 0 spiro atoms. The minimum Gasteiger partial charge on any atom is -0.374 e. The smallest absolute Gasteiger partial charge is 0.374 e. The molecule has 0 aliphatic carbocycles. The molecule has 0 saturated carbocycles. The Kier molecular flexibility index (Phi) is 5.35. The number of thioether (sulfide) groups is 1. The highest BCUT2D eigenvalue weighted by Crippen LogP contribution is 2.35. The zero-order valence-corrected chi connectivity index (χ0v) is 14.3. The SMILES string of the molecule is Cc1cccc(SC2CCOC(C3=CC(CC(F)(F)F)=NC3)C2)c1. The van der Waals surface area contributed by atoms with Gasteiger partial charge in [-0.05, 0) is 43.5 Å². The van der Waals surface area contributed by atoms with Gasteiger partial charge in [0.15, 0.2) is 0 Å². The molecule has 1 fully saturated rings. The molecule has 0 N–H and O–H groups in total. The molecule has 2 aliphatic heterocycles. The molecule has 6 heteroatoms. The summed E-state index contributed by atoms with van der Waals surface area (Å²) in [7, 11) is 0. The van der Waals surface area contributed by atoms with Gasteiger partial charge < -0.3 is 4.74 Å². The van der Waals surface area contributed by atoms with E-state index in [9.17, 15) is 13.2 Å². The average molecular weight is 355 g/mol. The van der Waals surface area contributed by atoms with E-state index in [4.69, 9.17) is 4.74 Å². The summed E-state index contributed by atoms with van der Waals surface area (Å²) in [4.78, 5) is 5.25. The summed E-state index contributed by atoms with van der Waals surface area (Å²) in [5.74, 6) is 0. The molecule has 0 bridgehead atoms. The molecular formula is C18H20F3NOS. The maximum absolute atomic E-state index is 12.5. The Labute approximate surface area is 144 Å². The second kappa shape index (κ2) is 7.31. The molecule has 2 nitrogen and oxygen atoms in total. The van der Waals surface area contributed by atoms with Crippen LogP contribution in [0.2, 0.25) is 0 Å². The van der Waals surface area contributed by atoms with Crippen molar-refractivity contribution in [3.63, 3.8) is 0 Å². The number of allylic oxidation sites excluding steroid dienone is 1. The van der Waals surface area contributed by atoms with Gasteiger partial charge in [0.1, 0.15) is 0 Å². The van der Waals surface area contributed by atoms with E-state index >= 15 is 0 Å². The fourth-order valence-corrected chi connectivity index (χ4v) is 4.30. The molecule has 2 atom stereocenters. The molecular weight excluding hydrogens is 335 g/mol. The van der Waals surface area contributed by atoms with Gasteiger partial charge >= 0.3 is 6.18 Å². The number of halogens is 3. The maximum Gasteiger partial charge on any atom is 0.394 e. The van der Waals surface area contributed by atoms with Crippen molar-refractivity contribution in [2.75, 3.05) is 13.2 Å². The highest BCUT2D eigenvalue weighted by atomic mass is 32.2. The van der Waals surface area contributed by atoms with Crippen molar-refractivity contribution in [2.45, 2.75) is 48.6 Å². The monoisotopic (exact) mass is 355 g/mol. The van der Waals surface area contributed by atoms with Gasteiger partial charge in [0.2, 0.25) is 0 Å². The van der Waals surface area contributed by atoms with Crippen LogP contribution < -0.4 is 0 Å². The van der Waals surface area contributed by atoms with Crippen molar-refractivity contribution in [3.8, 4) is 0 Å². The van der Waals surface area contributed by atoms with E-state index in [1.54, 1.807) is 6.08 Å². The third-order valence-corrected chi connectivity index (χ3v) is 5.43. The van der Waals surface area contributed by atoms with E-state index in [1.165, 1.54) is 10.5 Å². The van der Waals surface area contributed by atoms with Gasteiger partial charge in [-0.15, -0.1) is 11.8 Å². The number of aryl methyl sites for hydroxylation is 1. The Bertz CT molecular complexity index is 654. The van der Waals surface area contributed by atoms with Gasteiger partial charge in [0.25, 0.3) is 0 Å². The van der Waals surface area contributed by atoms with Crippen LogP contribution in [0.15, 0.2) is 45.8 Å². The van der Waals surface area contributed by atoms with E-state index in [0.29, 0.717) is 18.4 Å². The van der Waals surface area contributed by atoms with Gasteiger partial charge in [-0.2, -0.15) is 13.2 Å². The second-order valence-corrected chi connectivity index (χ2v) is 7.63. The summed E-state index contributed by atoms with van der Waals surface area (Å²) in [6.07, 6.45) is -1.92. The molecule has 1 aromatic carbocycles. The predicted molar refractivity (Wildman–Crippen MR) is 90.9 cm³/mol. The van der Waals surface area contributed by atoms with Crippen LogP contribution in [0.3, 0.4) is 0 Å². The first-order valence-corrected chi connectivity index (χ1v) is 8.92. The Hall–Kier alpha value is -1.27. The lowest BCUT2D eigenvalue weighted by Gasteiger charge is -2.30. The van der Waals surface area contributed by atoms with Gasteiger partial charge in [-0.25, -0.2) is 0 Å². The van der Waals surface area contributed by atoms with Gasteiger partial charge in [-0.1, -0.05) is 17.7 Å². The van der Waals surface area contributed by atoms with E-state index in [-0.39, 0.29) is 11.8 Å². The number of ether oxygens (including phenoxy) is 1. The number of nitrogens with zero attached hydrogens (tertiary/aromatic N) is 1. The molecule has 2 heterocycles. The molecule has 1 saturated heterocycles. The van der Waals surface area contributed by atoms with Crippen LogP contribution in [-0.4, -0.2) is 36.4 Å². The molecule has 0 amide bonds. The summed E-state index contributed by atoms with van der Waals surface area (Å²) >= 11 is 1.83. The lowest BCUT2D eigenvalue weighted by molar-refractivity contribution is -0.121. The topological polar surface area (TPSA) is 21.6 Å². The third-order valence-electron chi connectivity index (χ3n) is 4.14. The lowest BCUT2D eigenvalue weighted by Crippen LogP contribution is -2.29. The fourth-order valence-electron chi connectivity index (χ4n) is 3.02. The number of alkyl halides is 3. The minimum atomic E-state index is -4.21. The van der Waals surface area contributed by atoms with Crippen molar-refractivity contribution in [2.24, 2.45) is 4.99 Å². The fraction of sp³-hybridized carbons (Fsp3) is 0.500. The zero-order chi connectivity index (χ0) is 17.2. The number of aliphatic imine (C=N–C) groups is 1. The molecule has 2 aliphatic rings. The Balaban J connectivity index is 1.59. The number of hydrogen-bond donors (Lipinski definition) is 0. The summed E-state index contributed by atoms with van der Waals surface area (Å²) in [5, 5.41) is 0.415. The van der Waals surface area contributed by atoms with Crippen molar-refractivity contribution < 1.29 is 17.9 Å². The average Bonchev–Trinajstić information content (AvgIpc) is 2.94. The van der Waals surface area contributed by atoms with Crippen LogP contribution in [0.1, 0.15) is 24.8 Å². The van der Waals surface area contributed by atoms with Crippen LogP contribution in [0.5, 0.6) is 0 Å². The summed E-state index contributed by atoms with van der Waals surface area (Å²) < 4.78 is 43.2. The van der Waals surface area contributed by atoms with Gasteiger partial charge in [0, 0.05) is 22.5 Å². The summed E-state index contributed by atoms with van der Waals surface area (Å²) in [5.41, 5.74) is 2.23. The normalized spacial score (nSPS) is 24.7. The highest BCUT2D eigenvalue weighted by molar-refractivity contribution is 8.00. The van der Waals surface area contributed by atoms with Crippen LogP contribution >= 0.6 is 11.8 Å². The molecule has 0 radical (unpaired) electrons. The quantitative estimate of drug-likeness (QED) is 0.761. The first-order valence-electron chi connectivity index (χ1n) is 8.04. The zero-order valence-electron chi connectivity index (χ0n) is 13.5. The van der Waals surface area contributed by atoms with Crippen LogP contribution in [0.4, 0.5) is 13.2 Å². The first kappa shape index (κ1) is 17.5. The van der Waals surface area contributed by atoms with Crippen molar-refractivity contribution in [1.82, 2.24) is 0 Å². The standard InChI is InChI=1S/C18H20F3NOS/c1-12-3-2-4-15(7-12)24-16-5-6-23-17(9-16)13-8-14(22-11-13)10-18(19,20)21/h2-4,7-8,16-17H,5-6,9-11H2,1H3. The molecule has 1 aromatic rings. The van der Waals surface area contributed by atoms with E-state index in [2.05, 4.69) is 30.1 Å². The third kappa shape index (κ3) is 4.86. The van der Waals surface area contributed by atoms with Crippen LogP contribution in [0, 0.1) is 6.92 Å². The minimum absolute atomic E-state index is 0.115. The van der Waals surface area contributed by atoms with Gasteiger partial charge in [-0.3, -0.25) is 4.99 Å². The number of hydrogen-bond acceptors (Lipinski definition) is 3. The molecule has 2 unspecified atom stereocenters. The molecule has 24 heavy (non-hydrogen) atoms. The van der Waals surface area contributed by atoms with Crippen LogP contribution in [-0.2, 0) is 4.74 Å². The van der Waals surface area contributed by atoms with E-state index < -0.39 is 12.6 Å². The first-order chi connectivity index (χ1) is 11.4. The Morgan fingerprint density at radius 2 is 2.17 bits per heavy atom. The summed E-state index contributed by atoms with van der Waals surface area (Å²) in [6, 6.07) is 8.38. The summed E-state index contributed by atoms with van der Waals surface area (Å²) in [6.45, 7) is 3.04. The lowest BCUT2D eigenvalue weighted by atomic mass is 10.0.